The number of nitrogens with one attached hydrogen (secondary N) is 3. The van der Waals surface area contributed by atoms with Crippen molar-refractivity contribution in [2.24, 2.45) is 5.73 Å². The van der Waals surface area contributed by atoms with Crippen molar-refractivity contribution in [3.8, 4) is 18.2 Å². The third-order valence-corrected chi connectivity index (χ3v) is 15.2. The molecule has 2 aliphatic rings. The Morgan fingerprint density at radius 1 is 0.512 bits per heavy atom. The molecule has 0 saturated carbocycles. The summed E-state index contributed by atoms with van der Waals surface area (Å²) in [6.07, 6.45) is 0. The van der Waals surface area contributed by atoms with Crippen molar-refractivity contribution in [1.82, 2.24) is 35.9 Å². The summed E-state index contributed by atoms with van der Waals surface area (Å²) in [7, 11) is 0. The number of nitrogens with two attached hydrogens (primary N) is 1. The summed E-state index contributed by atoms with van der Waals surface area (Å²) < 4.78 is 12.5. The van der Waals surface area contributed by atoms with E-state index in [4.69, 9.17) is 37.3 Å². The number of halogens is 3. The monoisotopic (exact) mass is 1270 g/mol. The number of hydrogen-bond donors (Lipinski definition) is 4. The molecular formula is C65H69Br2ClN14O2. The predicted molar refractivity (Wildman–Crippen MR) is 344 cm³/mol. The Hall–Kier alpha value is -7.70. The molecule has 432 valence electrons. The van der Waals surface area contributed by atoms with Gasteiger partial charge in [0.1, 0.15) is 0 Å². The lowest BCUT2D eigenvalue weighted by Gasteiger charge is -2.29. The van der Waals surface area contributed by atoms with Crippen molar-refractivity contribution >= 4 is 93.1 Å². The molecule has 11 rings (SSSR count). The molecule has 6 aromatic carbocycles. The highest BCUT2D eigenvalue weighted by molar-refractivity contribution is 9.10. The van der Waals surface area contributed by atoms with E-state index in [1.807, 2.05) is 127 Å². The number of nitriles is 3. The molecule has 2 unspecified atom stereocenters. The average Bonchev–Trinajstić information content (AvgIpc) is 3.67. The van der Waals surface area contributed by atoms with Crippen LogP contribution in [0.25, 0.3) is 32.3 Å². The van der Waals surface area contributed by atoms with Gasteiger partial charge in [0.15, 0.2) is 16.8 Å². The molecule has 84 heavy (non-hydrogen) atoms. The lowest BCUT2D eigenvalue weighted by Crippen LogP contribution is -2.36. The van der Waals surface area contributed by atoms with Gasteiger partial charge in [0.05, 0.1) is 90.5 Å². The fraction of sp³-hybridized carbons (Fsp3) is 0.308. The van der Waals surface area contributed by atoms with Crippen LogP contribution in [0.15, 0.2) is 118 Å². The molecule has 3 aromatic heterocycles. The van der Waals surface area contributed by atoms with Crippen molar-refractivity contribution in [3.05, 3.63) is 190 Å². The summed E-state index contributed by atoms with van der Waals surface area (Å²) in [6, 6.07) is 42.5. The molecule has 3 atom stereocenters. The van der Waals surface area contributed by atoms with E-state index < -0.39 is 0 Å². The number of morpholine rings is 2. The summed E-state index contributed by atoms with van der Waals surface area (Å²) >= 11 is 12.8. The lowest BCUT2D eigenvalue weighted by atomic mass is 10.0. The van der Waals surface area contributed by atoms with E-state index in [1.165, 1.54) is 5.69 Å². The first-order valence-corrected chi connectivity index (χ1v) is 29.5. The topological polar surface area (TPSA) is 233 Å². The van der Waals surface area contributed by atoms with E-state index in [-0.39, 0.29) is 18.1 Å². The molecule has 0 amide bonds. The summed E-state index contributed by atoms with van der Waals surface area (Å²) in [5, 5.41) is 69.1. The van der Waals surface area contributed by atoms with Crippen LogP contribution in [0.4, 0.5) is 17.3 Å². The van der Waals surface area contributed by atoms with Crippen molar-refractivity contribution in [1.29, 1.82) is 15.8 Å². The van der Waals surface area contributed by atoms with Crippen LogP contribution in [0.5, 0.6) is 0 Å². The number of nitrogens with zero attached hydrogens (tertiary/aromatic N) is 10. The average molecular weight is 1270 g/mol. The molecule has 0 radical (unpaired) electrons. The standard InChI is InChI=1S/C23H25N5O.C19H17BrN4.C10H12N2.C9H6BrClN2.C4H9NO/c1-15-10-18(14-24)12-19(11-15)16(2)25-23-22-13-20(28-6-8-29-9-7-28)4-5-21(22)17(3)26-27-23;1-11-6-14(10-21)8-15(7-11)12(2)22-19-18-9-16(20)4-5-17(18)13(3)23-24-19;1-7-3-9(6-11)5-10(4-7)8(2)12;1-5-7-3-2-6(10)4-8(7)9(11)13-12-5;1-3-6-4-2-5-1/h4-5,10-13,16H,6-9H2,1-3H3,(H,25,27);4-9,12H,1-3H3,(H,22,24);3-5,8H,12H2,1-2H3;2-4H,1H3;5H,1-4H2/t16-;;;;/m1..../s1. The highest BCUT2D eigenvalue weighted by Crippen LogP contribution is 2.33. The molecule has 0 spiro atoms. The van der Waals surface area contributed by atoms with Crippen molar-refractivity contribution in [3.63, 3.8) is 0 Å². The molecule has 9 aromatic rings. The number of hydrogen-bond acceptors (Lipinski definition) is 16. The Balaban J connectivity index is 0.000000164. The van der Waals surface area contributed by atoms with Gasteiger partial charge in [-0.1, -0.05) is 79.9 Å². The number of ether oxygens (including phenoxy) is 2. The minimum absolute atomic E-state index is 0.00278. The molecule has 0 aliphatic carbocycles. The third kappa shape index (κ3) is 17.7. The number of fused-ring (bicyclic) bond motifs is 3. The second-order valence-corrected chi connectivity index (χ2v) is 22.9. The van der Waals surface area contributed by atoms with Crippen LogP contribution in [0, 0.1) is 75.5 Å². The first-order chi connectivity index (χ1) is 40.3. The fourth-order valence-electron chi connectivity index (χ4n) is 9.49. The Kier molecular flexibility index (Phi) is 23.4. The molecule has 2 aliphatic heterocycles. The highest BCUT2D eigenvalue weighted by Gasteiger charge is 2.18. The second kappa shape index (κ2) is 30.7. The van der Waals surface area contributed by atoms with Crippen molar-refractivity contribution < 1.29 is 9.47 Å². The lowest BCUT2D eigenvalue weighted by molar-refractivity contribution is 0.109. The zero-order valence-electron chi connectivity index (χ0n) is 48.8. The van der Waals surface area contributed by atoms with Gasteiger partial charge in [0, 0.05) is 79.2 Å². The molecule has 19 heteroatoms. The Morgan fingerprint density at radius 2 is 0.917 bits per heavy atom. The van der Waals surface area contributed by atoms with Gasteiger partial charge in [-0.3, -0.25) is 0 Å². The van der Waals surface area contributed by atoms with Gasteiger partial charge >= 0.3 is 0 Å². The van der Waals surface area contributed by atoms with Gasteiger partial charge in [-0.05, 0) is 168 Å². The van der Waals surface area contributed by atoms with Crippen LogP contribution in [0.2, 0.25) is 5.15 Å². The minimum Gasteiger partial charge on any atom is -0.379 e. The maximum Gasteiger partial charge on any atom is 0.159 e. The van der Waals surface area contributed by atoms with E-state index in [0.29, 0.717) is 21.8 Å². The molecule has 2 fully saturated rings. The van der Waals surface area contributed by atoms with E-state index in [1.54, 1.807) is 0 Å². The van der Waals surface area contributed by atoms with Crippen LogP contribution in [0.3, 0.4) is 0 Å². The smallest absolute Gasteiger partial charge is 0.159 e. The number of benzene rings is 6. The van der Waals surface area contributed by atoms with Gasteiger partial charge in [-0.2, -0.15) is 31.1 Å². The second-order valence-electron chi connectivity index (χ2n) is 20.7. The SMILES string of the molecule is C1COCCN1.Cc1cc(C#N)cc(C(C)N)c1.Cc1cc(C#N)cc(C(C)Nc2nnc(C)c3ccc(Br)cc23)c1.Cc1cc(C#N)cc([C@@H](C)Nc2nnc(C)c3ccc(N4CCOCC4)cc23)c1.Cc1nnc(Cl)c2cc(Br)ccc12. The van der Waals surface area contributed by atoms with Crippen LogP contribution < -0.4 is 26.6 Å². The quantitative estimate of drug-likeness (QED) is 0.111. The van der Waals surface area contributed by atoms with Gasteiger partial charge in [-0.15, -0.1) is 15.3 Å². The molecule has 5 N–H and O–H groups in total. The van der Waals surface area contributed by atoms with Crippen molar-refractivity contribution in [2.45, 2.75) is 80.4 Å². The maximum absolute atomic E-state index is 9.28. The first-order valence-electron chi connectivity index (χ1n) is 27.6. The van der Waals surface area contributed by atoms with E-state index >= 15 is 0 Å². The fourth-order valence-corrected chi connectivity index (χ4v) is 10.4. The predicted octanol–water partition coefficient (Wildman–Crippen LogP) is 14.0. The van der Waals surface area contributed by atoms with E-state index in [2.05, 4.69) is 146 Å². The minimum atomic E-state index is -0.00533. The maximum atomic E-state index is 9.28. The van der Waals surface area contributed by atoms with E-state index in [0.717, 1.165) is 156 Å². The van der Waals surface area contributed by atoms with Gasteiger partial charge < -0.3 is 36.1 Å². The van der Waals surface area contributed by atoms with Crippen molar-refractivity contribution in [2.75, 3.05) is 68.1 Å². The number of rotatable bonds is 8. The number of aromatic nitrogens is 6. The molecule has 5 heterocycles. The molecule has 2 saturated heterocycles. The molecule has 0 bridgehead atoms. The van der Waals surface area contributed by atoms with Gasteiger partial charge in [0.25, 0.3) is 0 Å². The Labute approximate surface area is 514 Å². The Morgan fingerprint density at radius 3 is 1.36 bits per heavy atom. The zero-order chi connectivity index (χ0) is 60.5. The van der Waals surface area contributed by atoms with Crippen LogP contribution in [-0.4, -0.2) is 83.2 Å². The number of anilines is 3. The van der Waals surface area contributed by atoms with Crippen LogP contribution in [0.1, 0.15) is 106 Å². The molecule has 16 nitrogen and oxygen atoms in total. The van der Waals surface area contributed by atoms with Gasteiger partial charge in [-0.25, -0.2) is 0 Å². The largest absolute Gasteiger partial charge is 0.379 e. The van der Waals surface area contributed by atoms with Crippen LogP contribution in [-0.2, 0) is 9.47 Å². The Bertz CT molecular complexity index is 3880. The summed E-state index contributed by atoms with van der Waals surface area (Å²) in [5.74, 6) is 1.50. The number of aryl methyl sites for hydroxylation is 6. The van der Waals surface area contributed by atoms with Crippen LogP contribution >= 0.6 is 43.5 Å². The highest BCUT2D eigenvalue weighted by atomic mass is 79.9. The molecular weight excluding hydrogens is 1200 g/mol. The summed E-state index contributed by atoms with van der Waals surface area (Å²) in [4.78, 5) is 2.34. The summed E-state index contributed by atoms with van der Waals surface area (Å²) in [6.45, 7) is 25.0. The third-order valence-electron chi connectivity index (χ3n) is 13.9. The zero-order valence-corrected chi connectivity index (χ0v) is 52.7. The van der Waals surface area contributed by atoms with E-state index in [9.17, 15) is 5.26 Å². The normalized spacial score (nSPS) is 13.8. The first kappa shape index (κ1) is 63.9. The van der Waals surface area contributed by atoms with Gasteiger partial charge in [0.2, 0.25) is 0 Å². The summed E-state index contributed by atoms with van der Waals surface area (Å²) in [5.41, 5.74) is 18.0.